The predicted molar refractivity (Wildman–Crippen MR) is 129 cm³/mol. The van der Waals surface area contributed by atoms with E-state index in [0.717, 1.165) is 38.0 Å². The molecule has 4 rings (SSSR count). The maximum absolute atomic E-state index is 14.4. The second-order valence-corrected chi connectivity index (χ2v) is 9.81. The molecule has 0 unspecified atom stereocenters. The van der Waals surface area contributed by atoms with Gasteiger partial charge in [0.15, 0.2) is 11.6 Å². The summed E-state index contributed by atoms with van der Waals surface area (Å²) in [6.45, 7) is 13.4. The third-order valence-electron chi connectivity index (χ3n) is 6.42. The summed E-state index contributed by atoms with van der Waals surface area (Å²) in [5.41, 5.74) is 3.64. The topological polar surface area (TPSA) is 73.4 Å². The van der Waals surface area contributed by atoms with E-state index >= 15 is 0 Å². The molecule has 8 heteroatoms. The van der Waals surface area contributed by atoms with Crippen LogP contribution >= 0.6 is 0 Å². The number of piperidine rings is 1. The van der Waals surface area contributed by atoms with Crippen molar-refractivity contribution in [1.82, 2.24) is 19.8 Å². The molecule has 0 radical (unpaired) electrons. The Morgan fingerprint density at radius 2 is 2.09 bits per heavy atom. The molecule has 2 N–H and O–H groups in total. The van der Waals surface area contributed by atoms with Crippen molar-refractivity contribution in [2.24, 2.45) is 0 Å². The van der Waals surface area contributed by atoms with Gasteiger partial charge in [0.2, 0.25) is 11.9 Å². The fourth-order valence-electron chi connectivity index (χ4n) is 4.48. The summed E-state index contributed by atoms with van der Waals surface area (Å²) in [4.78, 5) is 24.6. The number of hydrogen-bond donors (Lipinski definition) is 2. The van der Waals surface area contributed by atoms with E-state index in [0.29, 0.717) is 19.0 Å². The molecule has 0 bridgehead atoms. The van der Waals surface area contributed by atoms with Crippen molar-refractivity contribution in [1.29, 1.82) is 0 Å². The van der Waals surface area contributed by atoms with Gasteiger partial charge in [-0.2, -0.15) is 4.98 Å². The molecule has 1 amide bonds. The maximum Gasteiger partial charge on any atom is 0.246 e. The quantitative estimate of drug-likeness (QED) is 0.666. The summed E-state index contributed by atoms with van der Waals surface area (Å²) >= 11 is 0. The number of aromatic nitrogens is 2. The minimum absolute atomic E-state index is 0.0768. The molecule has 1 aromatic carbocycles. The number of fused-ring (bicyclic) bond motifs is 1. The van der Waals surface area contributed by atoms with Crippen LogP contribution in [0.1, 0.15) is 44.7 Å². The van der Waals surface area contributed by atoms with Crippen LogP contribution in [0.3, 0.4) is 0 Å². The summed E-state index contributed by atoms with van der Waals surface area (Å²) in [6.07, 6.45) is 5.20. The number of nitrogens with one attached hydrogen (secondary N) is 2. The SMILES string of the molecule is C=CC(=O)N1CCC[C@@H](Nc2nc(Nc3ccc4c(c3)CN(C(C)(C)C)CC4)ncc2F)C1. The van der Waals surface area contributed by atoms with Crippen LogP contribution in [-0.2, 0) is 17.8 Å². The third-order valence-corrected chi connectivity index (χ3v) is 6.42. The summed E-state index contributed by atoms with van der Waals surface area (Å²) in [5.74, 6) is -0.150. The number of carbonyl (C=O) groups is 1. The Balaban J connectivity index is 1.46. The van der Waals surface area contributed by atoms with Crippen LogP contribution in [-0.4, -0.2) is 56.9 Å². The number of carbonyl (C=O) groups excluding carboxylic acids is 1. The molecule has 2 aliphatic heterocycles. The van der Waals surface area contributed by atoms with E-state index in [1.54, 1.807) is 4.90 Å². The summed E-state index contributed by atoms with van der Waals surface area (Å²) < 4.78 is 14.4. The Labute approximate surface area is 195 Å². The molecule has 33 heavy (non-hydrogen) atoms. The van der Waals surface area contributed by atoms with E-state index in [4.69, 9.17) is 0 Å². The van der Waals surface area contributed by atoms with E-state index in [-0.39, 0.29) is 23.3 Å². The molecule has 176 valence electrons. The van der Waals surface area contributed by atoms with Crippen molar-refractivity contribution in [3.63, 3.8) is 0 Å². The van der Waals surface area contributed by atoms with Crippen molar-refractivity contribution in [2.45, 2.75) is 58.2 Å². The molecule has 3 heterocycles. The van der Waals surface area contributed by atoms with E-state index in [1.165, 1.54) is 23.4 Å². The zero-order chi connectivity index (χ0) is 23.6. The molecule has 2 aliphatic rings. The van der Waals surface area contributed by atoms with Crippen molar-refractivity contribution in [2.75, 3.05) is 30.3 Å². The van der Waals surface area contributed by atoms with Gasteiger partial charge in [-0.05, 0) is 69.4 Å². The molecular weight excluding hydrogens is 419 g/mol. The van der Waals surface area contributed by atoms with Gasteiger partial charge in [0.25, 0.3) is 0 Å². The zero-order valence-corrected chi connectivity index (χ0v) is 19.7. The summed E-state index contributed by atoms with van der Waals surface area (Å²) in [6, 6.07) is 6.22. The monoisotopic (exact) mass is 452 g/mol. The average molecular weight is 453 g/mol. The first-order chi connectivity index (χ1) is 15.7. The van der Waals surface area contributed by atoms with Crippen LogP contribution in [0.15, 0.2) is 37.1 Å². The highest BCUT2D eigenvalue weighted by atomic mass is 19.1. The van der Waals surface area contributed by atoms with Crippen molar-refractivity contribution in [3.05, 3.63) is 54.0 Å². The van der Waals surface area contributed by atoms with Crippen molar-refractivity contribution < 1.29 is 9.18 Å². The Morgan fingerprint density at radius 3 is 2.85 bits per heavy atom. The van der Waals surface area contributed by atoms with Crippen LogP contribution in [0, 0.1) is 5.82 Å². The standard InChI is InChI=1S/C25H33FN6O/c1-5-22(33)31-11-6-7-20(16-31)28-23-21(26)14-27-24(30-23)29-19-9-8-17-10-12-32(25(2,3)4)15-18(17)13-19/h5,8-9,13-14,20H,1,6-7,10-12,15-16H2,2-4H3,(H2,27,28,29,30)/t20-/m1/s1. The highest BCUT2D eigenvalue weighted by Gasteiger charge is 2.26. The van der Waals surface area contributed by atoms with Crippen LogP contribution in [0.4, 0.5) is 21.8 Å². The Bertz CT molecular complexity index is 1030. The fourth-order valence-corrected chi connectivity index (χ4v) is 4.48. The van der Waals surface area contributed by atoms with Crippen LogP contribution in [0.25, 0.3) is 0 Å². The number of nitrogens with zero attached hydrogens (tertiary/aromatic N) is 4. The number of amides is 1. The van der Waals surface area contributed by atoms with E-state index in [9.17, 15) is 9.18 Å². The van der Waals surface area contributed by atoms with Gasteiger partial charge in [0.1, 0.15) is 0 Å². The van der Waals surface area contributed by atoms with Gasteiger partial charge >= 0.3 is 0 Å². The van der Waals surface area contributed by atoms with E-state index < -0.39 is 5.82 Å². The van der Waals surface area contributed by atoms with Gasteiger partial charge in [0.05, 0.1) is 6.20 Å². The smallest absolute Gasteiger partial charge is 0.246 e. The molecular formula is C25H33FN6O. The highest BCUT2D eigenvalue weighted by molar-refractivity contribution is 5.87. The van der Waals surface area contributed by atoms with Crippen LogP contribution in [0.2, 0.25) is 0 Å². The Hall–Kier alpha value is -3.00. The van der Waals surface area contributed by atoms with Crippen molar-refractivity contribution >= 4 is 23.4 Å². The van der Waals surface area contributed by atoms with Gasteiger partial charge in [-0.1, -0.05) is 12.6 Å². The normalized spacial score (nSPS) is 19.0. The lowest BCUT2D eigenvalue weighted by Crippen LogP contribution is -2.44. The van der Waals surface area contributed by atoms with Gasteiger partial charge in [-0.3, -0.25) is 9.69 Å². The first kappa shape index (κ1) is 23.2. The maximum atomic E-state index is 14.4. The molecule has 1 fully saturated rings. The second kappa shape index (κ2) is 9.47. The molecule has 0 saturated carbocycles. The largest absolute Gasteiger partial charge is 0.363 e. The number of likely N-dealkylation sites (tertiary alicyclic amines) is 1. The Kier molecular flexibility index (Phi) is 6.65. The lowest BCUT2D eigenvalue weighted by molar-refractivity contribution is -0.127. The fraction of sp³-hybridized carbons (Fsp3) is 0.480. The molecule has 1 aromatic heterocycles. The summed E-state index contributed by atoms with van der Waals surface area (Å²) in [5, 5.41) is 6.38. The van der Waals surface area contributed by atoms with Crippen LogP contribution < -0.4 is 10.6 Å². The van der Waals surface area contributed by atoms with Gasteiger partial charge in [-0.25, -0.2) is 9.37 Å². The molecule has 0 spiro atoms. The third kappa shape index (κ3) is 5.50. The lowest BCUT2D eigenvalue weighted by atomic mass is 9.95. The number of rotatable bonds is 5. The number of halogens is 1. The zero-order valence-electron chi connectivity index (χ0n) is 19.7. The van der Waals surface area contributed by atoms with Crippen molar-refractivity contribution in [3.8, 4) is 0 Å². The minimum atomic E-state index is -0.515. The van der Waals surface area contributed by atoms with Crippen LogP contribution in [0.5, 0.6) is 0 Å². The van der Waals surface area contributed by atoms with Gasteiger partial charge in [-0.15, -0.1) is 0 Å². The average Bonchev–Trinajstić information content (AvgIpc) is 2.80. The number of anilines is 3. The summed E-state index contributed by atoms with van der Waals surface area (Å²) in [7, 11) is 0. The highest BCUT2D eigenvalue weighted by Crippen LogP contribution is 2.28. The molecule has 2 aromatic rings. The first-order valence-electron chi connectivity index (χ1n) is 11.6. The molecule has 7 nitrogen and oxygen atoms in total. The predicted octanol–water partition coefficient (Wildman–Crippen LogP) is 4.10. The minimum Gasteiger partial charge on any atom is -0.363 e. The molecule has 1 atom stereocenters. The molecule has 1 saturated heterocycles. The number of benzene rings is 1. The molecule has 0 aliphatic carbocycles. The van der Waals surface area contributed by atoms with Gasteiger partial charge in [0, 0.05) is 43.4 Å². The lowest BCUT2D eigenvalue weighted by Gasteiger charge is -2.39. The van der Waals surface area contributed by atoms with Gasteiger partial charge < -0.3 is 15.5 Å². The van der Waals surface area contributed by atoms with E-state index in [2.05, 4.69) is 65.0 Å². The Morgan fingerprint density at radius 1 is 1.27 bits per heavy atom. The second-order valence-electron chi connectivity index (χ2n) is 9.81. The van der Waals surface area contributed by atoms with E-state index in [1.807, 2.05) is 6.07 Å². The first-order valence-corrected chi connectivity index (χ1v) is 11.6. The number of hydrogen-bond acceptors (Lipinski definition) is 6.